The molecule has 1 aromatic heterocycles. The van der Waals surface area contributed by atoms with E-state index in [1.807, 2.05) is 6.92 Å². The largest absolute Gasteiger partial charge is 0.431 e. The first-order valence-electron chi connectivity index (χ1n) is 5.76. The first-order valence-corrected chi connectivity index (χ1v) is 6.56. The Morgan fingerprint density at radius 1 is 1.43 bits per heavy atom. The minimum Gasteiger partial charge on any atom is -0.431 e. The molecule has 2 N–H and O–H groups in total. The van der Waals surface area contributed by atoms with Crippen LogP contribution < -0.4 is 10.5 Å². The number of primary amides is 1. The lowest BCUT2D eigenvalue weighted by atomic mass is 10.2. The molecule has 0 aliphatic heterocycles. The zero-order valence-electron chi connectivity index (χ0n) is 10.9. The highest BCUT2D eigenvalue weighted by Crippen LogP contribution is 2.34. The van der Waals surface area contributed by atoms with E-state index in [0.29, 0.717) is 4.47 Å². The number of hydrogen-bond acceptors (Lipinski definition) is 5. The van der Waals surface area contributed by atoms with Crippen LogP contribution >= 0.6 is 15.9 Å². The average molecular weight is 352 g/mol. The van der Waals surface area contributed by atoms with E-state index in [1.54, 1.807) is 12.3 Å². The number of ether oxygens (including phenoxy) is 1. The SMILES string of the molecule is Cc1cnc(Oc2ccc(C(N)=O)cc2[N+](=O)[O-])c(Br)c1. The molecular weight excluding hydrogens is 342 g/mol. The number of benzene rings is 1. The minimum atomic E-state index is -0.751. The van der Waals surface area contributed by atoms with Crippen LogP contribution in [0.3, 0.4) is 0 Å². The number of carbonyl (C=O) groups excluding carboxylic acids is 1. The van der Waals surface area contributed by atoms with Crippen molar-refractivity contribution < 1.29 is 14.5 Å². The van der Waals surface area contributed by atoms with Crippen LogP contribution in [-0.4, -0.2) is 15.8 Å². The third-order valence-electron chi connectivity index (χ3n) is 2.59. The molecule has 0 fully saturated rings. The zero-order chi connectivity index (χ0) is 15.6. The van der Waals surface area contributed by atoms with Crippen molar-refractivity contribution in [2.24, 2.45) is 5.73 Å². The Balaban J connectivity index is 2.44. The maximum atomic E-state index is 11.1. The lowest BCUT2D eigenvalue weighted by molar-refractivity contribution is -0.385. The van der Waals surface area contributed by atoms with Crippen LogP contribution in [0.1, 0.15) is 15.9 Å². The summed E-state index contributed by atoms with van der Waals surface area (Å²) in [6.07, 6.45) is 1.57. The molecule has 8 heteroatoms. The number of carbonyl (C=O) groups is 1. The van der Waals surface area contributed by atoms with Crippen molar-refractivity contribution in [2.45, 2.75) is 6.92 Å². The average Bonchev–Trinajstić information content (AvgIpc) is 2.41. The zero-order valence-corrected chi connectivity index (χ0v) is 12.5. The number of amides is 1. The highest BCUT2D eigenvalue weighted by molar-refractivity contribution is 9.10. The molecule has 0 saturated carbocycles. The van der Waals surface area contributed by atoms with Gasteiger partial charge in [-0.05, 0) is 46.6 Å². The molecule has 0 aliphatic rings. The Bertz CT molecular complexity index is 733. The predicted molar refractivity (Wildman–Crippen MR) is 78.4 cm³/mol. The van der Waals surface area contributed by atoms with Gasteiger partial charge in [-0.3, -0.25) is 14.9 Å². The van der Waals surface area contributed by atoms with Crippen molar-refractivity contribution in [2.75, 3.05) is 0 Å². The summed E-state index contributed by atoms with van der Waals surface area (Å²) in [6, 6.07) is 5.50. The van der Waals surface area contributed by atoms with Crippen LogP contribution in [0.4, 0.5) is 5.69 Å². The molecule has 0 radical (unpaired) electrons. The molecule has 0 aliphatic carbocycles. The number of nitrogens with zero attached hydrogens (tertiary/aromatic N) is 2. The van der Waals surface area contributed by atoms with E-state index in [0.717, 1.165) is 11.6 Å². The van der Waals surface area contributed by atoms with Gasteiger partial charge in [0.15, 0.2) is 0 Å². The lowest BCUT2D eigenvalue weighted by Gasteiger charge is -2.08. The fourth-order valence-electron chi connectivity index (χ4n) is 1.60. The second-order valence-electron chi connectivity index (χ2n) is 4.21. The summed E-state index contributed by atoms with van der Waals surface area (Å²) in [5, 5.41) is 11.1. The van der Waals surface area contributed by atoms with Crippen molar-refractivity contribution in [1.82, 2.24) is 4.98 Å². The molecule has 1 amide bonds. The number of rotatable bonds is 4. The number of halogens is 1. The normalized spacial score (nSPS) is 10.2. The molecule has 2 aromatic rings. The van der Waals surface area contributed by atoms with Crippen molar-refractivity contribution in [3.8, 4) is 11.6 Å². The number of aryl methyl sites for hydroxylation is 1. The van der Waals surface area contributed by atoms with E-state index >= 15 is 0 Å². The van der Waals surface area contributed by atoms with Gasteiger partial charge in [-0.1, -0.05) is 0 Å². The Labute approximate surface area is 128 Å². The smallest absolute Gasteiger partial charge is 0.312 e. The number of aromatic nitrogens is 1. The first kappa shape index (κ1) is 14.9. The summed E-state index contributed by atoms with van der Waals surface area (Å²) < 4.78 is 6.01. The van der Waals surface area contributed by atoms with Gasteiger partial charge in [-0.15, -0.1) is 0 Å². The second kappa shape index (κ2) is 5.88. The van der Waals surface area contributed by atoms with Crippen LogP contribution in [0.15, 0.2) is 34.9 Å². The molecule has 1 aromatic carbocycles. The summed E-state index contributed by atoms with van der Waals surface area (Å²) in [7, 11) is 0. The van der Waals surface area contributed by atoms with E-state index in [4.69, 9.17) is 10.5 Å². The number of nitro groups is 1. The van der Waals surface area contributed by atoms with E-state index in [-0.39, 0.29) is 22.9 Å². The Morgan fingerprint density at radius 2 is 2.14 bits per heavy atom. The lowest BCUT2D eigenvalue weighted by Crippen LogP contribution is -2.11. The molecule has 0 saturated heterocycles. The van der Waals surface area contributed by atoms with Crippen molar-refractivity contribution >= 4 is 27.5 Å². The quantitative estimate of drug-likeness (QED) is 0.672. The van der Waals surface area contributed by atoms with Gasteiger partial charge in [-0.2, -0.15) is 0 Å². The topological polar surface area (TPSA) is 108 Å². The van der Waals surface area contributed by atoms with Crippen LogP contribution in [0.25, 0.3) is 0 Å². The van der Waals surface area contributed by atoms with Gasteiger partial charge in [0.05, 0.1) is 9.40 Å². The number of hydrogen-bond donors (Lipinski definition) is 1. The van der Waals surface area contributed by atoms with Gasteiger partial charge in [0.2, 0.25) is 17.5 Å². The molecule has 0 bridgehead atoms. The number of pyridine rings is 1. The van der Waals surface area contributed by atoms with Crippen LogP contribution in [0.5, 0.6) is 11.6 Å². The van der Waals surface area contributed by atoms with Gasteiger partial charge in [0.25, 0.3) is 0 Å². The van der Waals surface area contributed by atoms with Gasteiger partial charge in [0.1, 0.15) is 0 Å². The van der Waals surface area contributed by atoms with Crippen molar-refractivity contribution in [3.05, 3.63) is 56.2 Å². The summed E-state index contributed by atoms with van der Waals surface area (Å²) in [5.74, 6) is -0.586. The molecule has 108 valence electrons. The third kappa shape index (κ3) is 3.34. The van der Waals surface area contributed by atoms with Crippen LogP contribution in [-0.2, 0) is 0 Å². The molecule has 2 rings (SSSR count). The van der Waals surface area contributed by atoms with Crippen LogP contribution in [0, 0.1) is 17.0 Å². The molecule has 0 spiro atoms. The van der Waals surface area contributed by atoms with Crippen molar-refractivity contribution in [1.29, 1.82) is 0 Å². The molecule has 1 heterocycles. The van der Waals surface area contributed by atoms with Gasteiger partial charge < -0.3 is 10.5 Å². The van der Waals surface area contributed by atoms with Crippen LogP contribution in [0.2, 0.25) is 0 Å². The summed E-state index contributed by atoms with van der Waals surface area (Å²) in [4.78, 5) is 25.5. The fourth-order valence-corrected chi connectivity index (χ4v) is 2.14. The Hall–Kier alpha value is -2.48. The molecule has 0 atom stereocenters. The van der Waals surface area contributed by atoms with E-state index in [2.05, 4.69) is 20.9 Å². The standard InChI is InChI=1S/C13H10BrN3O4/c1-7-4-9(14)13(16-6-7)21-11-3-2-8(12(15)18)5-10(11)17(19)20/h2-6H,1H3,(H2,15,18). The van der Waals surface area contributed by atoms with E-state index < -0.39 is 10.8 Å². The Kier molecular flexibility index (Phi) is 4.18. The highest BCUT2D eigenvalue weighted by atomic mass is 79.9. The van der Waals surface area contributed by atoms with Gasteiger partial charge in [0, 0.05) is 17.8 Å². The first-order chi connectivity index (χ1) is 9.88. The molecular formula is C13H10BrN3O4. The maximum absolute atomic E-state index is 11.1. The Morgan fingerprint density at radius 3 is 2.71 bits per heavy atom. The predicted octanol–water partition coefficient (Wildman–Crippen LogP) is 2.95. The van der Waals surface area contributed by atoms with E-state index in [1.165, 1.54) is 12.1 Å². The summed E-state index contributed by atoms with van der Waals surface area (Å²) in [5.41, 5.74) is 5.69. The molecule has 21 heavy (non-hydrogen) atoms. The summed E-state index contributed by atoms with van der Waals surface area (Å²) >= 11 is 3.27. The molecule has 0 unspecified atom stereocenters. The number of nitrogens with two attached hydrogens (primary N) is 1. The monoisotopic (exact) mass is 351 g/mol. The highest BCUT2D eigenvalue weighted by Gasteiger charge is 2.19. The van der Waals surface area contributed by atoms with Crippen molar-refractivity contribution in [3.63, 3.8) is 0 Å². The summed E-state index contributed by atoms with van der Waals surface area (Å²) in [6.45, 7) is 1.85. The maximum Gasteiger partial charge on any atom is 0.312 e. The van der Waals surface area contributed by atoms with Gasteiger partial charge >= 0.3 is 5.69 Å². The fraction of sp³-hybridized carbons (Fsp3) is 0.0769. The molecule has 7 nitrogen and oxygen atoms in total. The second-order valence-corrected chi connectivity index (χ2v) is 5.06. The minimum absolute atomic E-state index is 0.0259. The number of nitro benzene ring substituents is 1. The van der Waals surface area contributed by atoms with Gasteiger partial charge in [-0.25, -0.2) is 4.98 Å². The van der Waals surface area contributed by atoms with E-state index in [9.17, 15) is 14.9 Å². The third-order valence-corrected chi connectivity index (χ3v) is 3.16.